The van der Waals surface area contributed by atoms with E-state index in [2.05, 4.69) is 17.6 Å². The number of fused-ring (bicyclic) bond motifs is 1. The van der Waals surface area contributed by atoms with E-state index in [4.69, 9.17) is 5.73 Å². The van der Waals surface area contributed by atoms with Gasteiger partial charge >= 0.3 is 0 Å². The highest BCUT2D eigenvalue weighted by molar-refractivity contribution is 8.01. The summed E-state index contributed by atoms with van der Waals surface area (Å²) in [6, 6.07) is 0. The van der Waals surface area contributed by atoms with Gasteiger partial charge in [-0.05, 0) is 6.08 Å². The fraction of sp³-hybridized carbons (Fsp3) is 0.111. The lowest BCUT2D eigenvalue weighted by molar-refractivity contribution is 1.20. The zero-order valence-corrected chi connectivity index (χ0v) is 6.77. The largest absolute Gasteiger partial charge is 0.323 e. The minimum atomic E-state index is 0.394. The topological polar surface area (TPSA) is 26.0 Å². The molecule has 1 aliphatic carbocycles. The molecule has 0 radical (unpaired) electrons. The molecule has 0 aromatic carbocycles. The Balaban J connectivity index is 2.43. The molecule has 2 heteroatoms. The molecule has 0 saturated heterocycles. The standard InChI is InChI=1S/C9H8NS/c10-8-5-6-11-9-4-2-1-3-7(8)9/h1-5,9H,10H2/q+1. The van der Waals surface area contributed by atoms with Crippen LogP contribution < -0.4 is 5.73 Å². The van der Waals surface area contributed by atoms with Crippen LogP contribution in [-0.4, -0.2) is 5.25 Å². The van der Waals surface area contributed by atoms with E-state index in [0.717, 1.165) is 5.70 Å². The van der Waals surface area contributed by atoms with Crippen LogP contribution in [0.3, 0.4) is 0 Å². The number of rotatable bonds is 0. The van der Waals surface area contributed by atoms with Gasteiger partial charge in [-0.1, -0.05) is 18.2 Å². The van der Waals surface area contributed by atoms with Gasteiger partial charge in [-0.25, -0.2) is 0 Å². The fourth-order valence-electron chi connectivity index (χ4n) is 1.14. The second kappa shape index (κ2) is 2.57. The SMILES string of the molecule is NC1=C2C=CC=CC2S[C+]=C1. The highest BCUT2D eigenvalue weighted by Crippen LogP contribution is 2.30. The van der Waals surface area contributed by atoms with Crippen molar-refractivity contribution in [2.45, 2.75) is 5.25 Å². The summed E-state index contributed by atoms with van der Waals surface area (Å²) in [4.78, 5) is 0. The number of allylic oxidation sites excluding steroid dienone is 4. The van der Waals surface area contributed by atoms with Gasteiger partial charge in [0.05, 0.1) is 17.3 Å². The molecule has 2 N–H and O–H groups in total. The van der Waals surface area contributed by atoms with Crippen LogP contribution in [0.1, 0.15) is 0 Å². The molecule has 0 aromatic rings. The third kappa shape index (κ3) is 1.11. The van der Waals surface area contributed by atoms with Gasteiger partial charge in [0.2, 0.25) is 0 Å². The van der Waals surface area contributed by atoms with Crippen LogP contribution >= 0.6 is 11.8 Å². The zero-order valence-electron chi connectivity index (χ0n) is 5.95. The molecule has 1 aliphatic heterocycles. The molecule has 0 aromatic heterocycles. The normalized spacial score (nSPS) is 26.7. The summed E-state index contributed by atoms with van der Waals surface area (Å²) >= 11 is 1.67. The summed E-state index contributed by atoms with van der Waals surface area (Å²) in [5.74, 6) is 0. The Morgan fingerprint density at radius 3 is 3.18 bits per heavy atom. The van der Waals surface area contributed by atoms with E-state index in [1.807, 2.05) is 18.2 Å². The van der Waals surface area contributed by atoms with Crippen molar-refractivity contribution in [2.75, 3.05) is 0 Å². The number of hydrogen-bond acceptors (Lipinski definition) is 2. The lowest BCUT2D eigenvalue weighted by Gasteiger charge is -2.10. The summed E-state index contributed by atoms with van der Waals surface area (Å²) in [5.41, 5.74) is 7.80. The first-order valence-electron chi connectivity index (χ1n) is 3.47. The third-order valence-electron chi connectivity index (χ3n) is 1.72. The Hall–Kier alpha value is -0.980. The number of nitrogens with two attached hydrogens (primary N) is 1. The van der Waals surface area contributed by atoms with Crippen molar-refractivity contribution in [2.24, 2.45) is 5.73 Å². The Bertz CT molecular complexity index is 284. The van der Waals surface area contributed by atoms with Gasteiger partial charge in [0.15, 0.2) is 11.8 Å². The molecular weight excluding hydrogens is 154 g/mol. The Morgan fingerprint density at radius 1 is 1.45 bits per heavy atom. The Kier molecular flexibility index (Phi) is 1.57. The quantitative estimate of drug-likeness (QED) is 0.549. The minimum Gasteiger partial charge on any atom is -0.323 e. The average Bonchev–Trinajstić information content (AvgIpc) is 2.06. The maximum Gasteiger partial charge on any atom is 0.193 e. The van der Waals surface area contributed by atoms with Crippen molar-refractivity contribution >= 4 is 11.8 Å². The molecule has 1 nitrogen and oxygen atoms in total. The van der Waals surface area contributed by atoms with Crippen molar-refractivity contribution in [3.05, 3.63) is 47.1 Å². The van der Waals surface area contributed by atoms with E-state index in [1.54, 1.807) is 11.8 Å². The maximum absolute atomic E-state index is 5.75. The van der Waals surface area contributed by atoms with E-state index in [-0.39, 0.29) is 0 Å². The molecule has 0 saturated carbocycles. The highest BCUT2D eigenvalue weighted by Gasteiger charge is 2.24. The minimum absolute atomic E-state index is 0.394. The number of thioether (sulfide) groups is 1. The van der Waals surface area contributed by atoms with E-state index in [0.29, 0.717) is 5.25 Å². The molecule has 1 heterocycles. The molecule has 0 spiro atoms. The van der Waals surface area contributed by atoms with Crippen molar-refractivity contribution in [1.29, 1.82) is 0 Å². The molecule has 2 aliphatic rings. The summed E-state index contributed by atoms with van der Waals surface area (Å²) in [6.07, 6.45) is 10.1. The molecular formula is C9H8NS+. The fourth-order valence-corrected chi connectivity index (χ4v) is 1.99. The molecule has 2 rings (SSSR count). The second-order valence-corrected chi connectivity index (χ2v) is 3.43. The van der Waals surface area contributed by atoms with Crippen LogP contribution in [0.4, 0.5) is 0 Å². The van der Waals surface area contributed by atoms with Gasteiger partial charge in [-0.2, -0.15) is 0 Å². The van der Waals surface area contributed by atoms with Crippen LogP contribution in [-0.2, 0) is 0 Å². The van der Waals surface area contributed by atoms with Gasteiger partial charge in [0.25, 0.3) is 0 Å². The second-order valence-electron chi connectivity index (χ2n) is 2.46. The third-order valence-corrected chi connectivity index (χ3v) is 2.64. The van der Waals surface area contributed by atoms with E-state index in [1.165, 1.54) is 5.57 Å². The van der Waals surface area contributed by atoms with Gasteiger partial charge in [-0.15, -0.1) is 0 Å². The van der Waals surface area contributed by atoms with E-state index in [9.17, 15) is 0 Å². The summed E-state index contributed by atoms with van der Waals surface area (Å²) in [7, 11) is 0. The lowest BCUT2D eigenvalue weighted by Crippen LogP contribution is -2.12. The van der Waals surface area contributed by atoms with Crippen LogP contribution in [0.5, 0.6) is 0 Å². The van der Waals surface area contributed by atoms with Crippen molar-refractivity contribution < 1.29 is 0 Å². The zero-order chi connectivity index (χ0) is 7.68. The summed E-state index contributed by atoms with van der Waals surface area (Å²) in [5, 5.41) is 3.45. The lowest BCUT2D eigenvalue weighted by atomic mass is 10.0. The average molecular weight is 162 g/mol. The first-order chi connectivity index (χ1) is 5.38. The van der Waals surface area contributed by atoms with Crippen LogP contribution in [0, 0.1) is 5.41 Å². The predicted molar refractivity (Wildman–Crippen MR) is 48.7 cm³/mol. The maximum atomic E-state index is 5.75. The van der Waals surface area contributed by atoms with Crippen LogP contribution in [0.15, 0.2) is 41.7 Å². The molecule has 1 atom stereocenters. The smallest absolute Gasteiger partial charge is 0.193 e. The van der Waals surface area contributed by atoms with E-state index >= 15 is 0 Å². The summed E-state index contributed by atoms with van der Waals surface area (Å²) < 4.78 is 0. The first-order valence-corrected chi connectivity index (χ1v) is 4.35. The van der Waals surface area contributed by atoms with Crippen LogP contribution in [0.2, 0.25) is 0 Å². The summed E-state index contributed by atoms with van der Waals surface area (Å²) in [6.45, 7) is 0. The highest BCUT2D eigenvalue weighted by atomic mass is 32.2. The van der Waals surface area contributed by atoms with Gasteiger partial charge in [0, 0.05) is 0 Å². The number of hydrogen-bond donors (Lipinski definition) is 1. The Labute approximate surface area is 70.4 Å². The molecule has 0 amide bonds. The molecule has 11 heavy (non-hydrogen) atoms. The monoisotopic (exact) mass is 162 g/mol. The molecule has 0 bridgehead atoms. The first kappa shape index (κ1) is 6.71. The van der Waals surface area contributed by atoms with Crippen molar-refractivity contribution in [1.82, 2.24) is 0 Å². The van der Waals surface area contributed by atoms with Crippen LogP contribution in [0.25, 0.3) is 0 Å². The molecule has 1 unspecified atom stereocenters. The van der Waals surface area contributed by atoms with Gasteiger partial charge < -0.3 is 5.73 Å². The van der Waals surface area contributed by atoms with Gasteiger partial charge in [0.1, 0.15) is 10.7 Å². The molecule has 54 valence electrons. The Morgan fingerprint density at radius 2 is 2.36 bits per heavy atom. The predicted octanol–water partition coefficient (Wildman–Crippen LogP) is 1.76. The van der Waals surface area contributed by atoms with Gasteiger partial charge in [-0.3, -0.25) is 0 Å². The van der Waals surface area contributed by atoms with E-state index < -0.39 is 0 Å². The van der Waals surface area contributed by atoms with Crippen molar-refractivity contribution in [3.8, 4) is 0 Å². The van der Waals surface area contributed by atoms with Crippen molar-refractivity contribution in [3.63, 3.8) is 0 Å². The molecule has 0 fully saturated rings.